The van der Waals surface area contributed by atoms with Crippen molar-refractivity contribution >= 4 is 50.2 Å². The molecule has 0 radical (unpaired) electrons. The summed E-state index contributed by atoms with van der Waals surface area (Å²) in [4.78, 5) is 40.1. The van der Waals surface area contributed by atoms with Crippen LogP contribution in [0.2, 0.25) is 0 Å². The van der Waals surface area contributed by atoms with E-state index in [0.717, 1.165) is 0 Å². The third-order valence-corrected chi connectivity index (χ3v) is 0.354. The Kier molecular flexibility index (Phi) is 33.7. The van der Waals surface area contributed by atoms with Crippen LogP contribution in [0.1, 0.15) is 0 Å². The molecular weight excluding hydrogens is 421 g/mol. The Morgan fingerprint density at radius 1 is 1.31 bits per heavy atom. The van der Waals surface area contributed by atoms with Gasteiger partial charge in [-0.2, -0.15) is 17.6 Å². The summed E-state index contributed by atoms with van der Waals surface area (Å²) in [6.45, 7) is 3.38. The minimum atomic E-state index is -4.64. The van der Waals surface area contributed by atoms with Crippen molar-refractivity contribution in [3.8, 4) is 0 Å². The summed E-state index contributed by atoms with van der Waals surface area (Å²) in [6.07, 6.45) is 1.69. The van der Waals surface area contributed by atoms with Crippen molar-refractivity contribution < 1.29 is 68.0 Å². The Morgan fingerprint density at radius 2 is 1.38 bits per heavy atom. The number of hydrogen-bond acceptors (Lipinski definition) is 6. The third-order valence-electron chi connectivity index (χ3n) is 0.118. The molecule has 0 spiro atoms. The fourth-order valence-electron chi connectivity index (χ4n) is 0. The molecule has 6 nitrogen and oxygen atoms in total. The number of hydrogen-bond donors (Lipinski definition) is 3. The van der Waals surface area contributed by atoms with Crippen molar-refractivity contribution in [3.63, 3.8) is 0 Å². The second kappa shape index (κ2) is 17.4. The summed E-state index contributed by atoms with van der Waals surface area (Å²) in [5.74, 6) is 0.667. The first-order chi connectivity index (χ1) is 5.91. The first kappa shape index (κ1) is 31.0. The molecule has 0 aromatic carbocycles. The molecule has 0 aromatic rings. The largest absolute Gasteiger partial charge is 2.00 e. The molecule has 88 valence electrons. The molecule has 0 bridgehead atoms. The van der Waals surface area contributed by atoms with Crippen LogP contribution in [0, 0.1) is 0 Å². The van der Waals surface area contributed by atoms with E-state index < -0.39 is 13.5 Å². The predicted molar refractivity (Wildman–Crippen MR) is 58.3 cm³/mol. The standard InChI is InChI=1S/C3H6S.H3O4P.H3O2PS2.2Zn/c1-2-3-4;1-5(2,3)4;1-3(2,4)5;;/h2,4H,1,3H2;(H3,1,2,3,4);(H3,1,2,4,5);;/q;;;2*+2/p-4. The molecular formula is C3H8O6P2S3Zn2. The fraction of sp³-hybridized carbons (Fsp3) is 0.333. The average molecular weight is 429 g/mol. The van der Waals surface area contributed by atoms with E-state index in [-0.39, 0.29) is 39.0 Å². The molecule has 0 fully saturated rings. The Morgan fingerprint density at radius 3 is 1.38 bits per heavy atom. The number of phosphoric acid groups is 1. The van der Waals surface area contributed by atoms with Crippen molar-refractivity contribution in [1.29, 1.82) is 0 Å². The third kappa shape index (κ3) is 341. The van der Waals surface area contributed by atoms with Crippen molar-refractivity contribution in [2.75, 3.05) is 5.75 Å². The van der Waals surface area contributed by atoms with E-state index in [1.165, 1.54) is 0 Å². The maximum absolute atomic E-state index is 9.29. The van der Waals surface area contributed by atoms with Gasteiger partial charge in [0.2, 0.25) is 0 Å². The Hall–Kier alpha value is 2.37. The van der Waals surface area contributed by atoms with Crippen LogP contribution in [-0.2, 0) is 80.2 Å². The van der Waals surface area contributed by atoms with Gasteiger partial charge >= 0.3 is 46.8 Å². The second-order valence-electron chi connectivity index (χ2n) is 1.42. The quantitative estimate of drug-likeness (QED) is 0.193. The predicted octanol–water partition coefficient (Wildman–Crippen LogP) is -1.74. The molecule has 0 saturated carbocycles. The first-order valence-electron chi connectivity index (χ1n) is 2.62. The second-order valence-corrected chi connectivity index (χ2v) is 7.25. The monoisotopic (exact) mass is 426 g/mol. The zero-order valence-corrected chi connectivity index (χ0v) is 18.3. The van der Waals surface area contributed by atoms with E-state index in [9.17, 15) is 9.79 Å². The van der Waals surface area contributed by atoms with Gasteiger partial charge in [-0.25, -0.2) is 4.57 Å². The van der Waals surface area contributed by atoms with Gasteiger partial charge in [0.25, 0.3) is 0 Å². The summed E-state index contributed by atoms with van der Waals surface area (Å²) in [7, 11) is -4.64. The van der Waals surface area contributed by atoms with E-state index in [1.54, 1.807) is 6.08 Å². The Labute approximate surface area is 135 Å². The van der Waals surface area contributed by atoms with Gasteiger partial charge in [0.15, 0.2) is 0 Å². The van der Waals surface area contributed by atoms with E-state index in [2.05, 4.69) is 43.3 Å². The van der Waals surface area contributed by atoms with Crippen LogP contribution in [0.5, 0.6) is 0 Å². The van der Waals surface area contributed by atoms with Crippen LogP contribution in [0.25, 0.3) is 0 Å². The van der Waals surface area contributed by atoms with Crippen LogP contribution < -0.4 is 9.79 Å². The van der Waals surface area contributed by atoms with Gasteiger partial charge < -0.3 is 55.0 Å². The Balaban J connectivity index is -0.0000000358. The molecule has 0 aliphatic rings. The molecule has 0 aromatic heterocycles. The zero-order chi connectivity index (χ0) is 12.4. The molecule has 3 N–H and O–H groups in total. The van der Waals surface area contributed by atoms with Gasteiger partial charge in [-0.3, -0.25) is 0 Å². The van der Waals surface area contributed by atoms with Crippen LogP contribution in [0.15, 0.2) is 12.7 Å². The van der Waals surface area contributed by atoms with Crippen molar-refractivity contribution in [2.24, 2.45) is 0 Å². The summed E-state index contributed by atoms with van der Waals surface area (Å²) in [6, 6.07) is 0. The molecule has 0 heterocycles. The SMILES string of the molecule is C=CC[S-].O=P(O)(O)O.[O-]P([O-])(=S)[S-].[Zn+2].[Zn+2]. The minimum absolute atomic E-state index is 0. The van der Waals surface area contributed by atoms with Crippen LogP contribution in [0.4, 0.5) is 0 Å². The molecule has 0 saturated heterocycles. The summed E-state index contributed by atoms with van der Waals surface area (Å²) in [5, 5.41) is 0. The minimum Gasteiger partial charge on any atom is -0.850 e. The van der Waals surface area contributed by atoms with Crippen molar-refractivity contribution in [2.45, 2.75) is 0 Å². The maximum atomic E-state index is 9.29. The molecule has 13 heteroatoms. The van der Waals surface area contributed by atoms with Gasteiger partial charge in [-0.05, 0) is 0 Å². The van der Waals surface area contributed by atoms with Gasteiger partial charge in [-0.15, -0.1) is 12.7 Å². The van der Waals surface area contributed by atoms with E-state index >= 15 is 0 Å². The van der Waals surface area contributed by atoms with Gasteiger partial charge in [0.05, 0.1) is 0 Å². The normalized spacial score (nSPS) is 8.94. The van der Waals surface area contributed by atoms with Crippen LogP contribution in [0.3, 0.4) is 0 Å². The molecule has 16 heavy (non-hydrogen) atoms. The molecule has 0 aliphatic heterocycles. The summed E-state index contributed by atoms with van der Waals surface area (Å²) >= 11 is 11.7. The smallest absolute Gasteiger partial charge is 0.850 e. The summed E-state index contributed by atoms with van der Waals surface area (Å²) < 4.78 is 8.88. The molecule has 0 amide bonds. The molecule has 0 unspecified atom stereocenters. The number of rotatable bonds is 1. The Bertz CT molecular complexity index is 193. The van der Waals surface area contributed by atoms with Crippen LogP contribution in [-0.4, -0.2) is 20.4 Å². The molecule has 0 atom stereocenters. The maximum Gasteiger partial charge on any atom is 2.00 e. The van der Waals surface area contributed by atoms with Gasteiger partial charge in [0, 0.05) is 0 Å². The topological polar surface area (TPSA) is 124 Å². The average Bonchev–Trinajstić information content (AvgIpc) is 1.79. The first-order valence-corrected chi connectivity index (χ1v) is 8.41. The molecule has 0 rings (SSSR count). The van der Waals surface area contributed by atoms with Gasteiger partial charge in [-0.1, -0.05) is 0 Å². The summed E-state index contributed by atoms with van der Waals surface area (Å²) in [5.41, 5.74) is -3.72. The van der Waals surface area contributed by atoms with E-state index in [4.69, 9.17) is 19.2 Å². The molecule has 0 aliphatic carbocycles. The van der Waals surface area contributed by atoms with E-state index in [1.807, 2.05) is 0 Å². The van der Waals surface area contributed by atoms with Crippen LogP contribution >= 0.6 is 13.5 Å². The van der Waals surface area contributed by atoms with Crippen molar-refractivity contribution in [1.82, 2.24) is 0 Å². The van der Waals surface area contributed by atoms with Gasteiger partial charge in [0.1, 0.15) is 0 Å². The van der Waals surface area contributed by atoms with E-state index in [0.29, 0.717) is 5.75 Å². The van der Waals surface area contributed by atoms with Crippen molar-refractivity contribution in [3.05, 3.63) is 12.7 Å². The zero-order valence-electron chi connectivity index (χ0n) is 8.09. The fourth-order valence-corrected chi connectivity index (χ4v) is 0.